The Kier molecular flexibility index (Phi) is 8.13. The average molecular weight is 213 g/mol. The highest BCUT2D eigenvalue weighted by Crippen LogP contribution is 2.14. The number of rotatable bonds is 8. The third kappa shape index (κ3) is 11.9. The van der Waals surface area contributed by atoms with Gasteiger partial charge in [0.15, 0.2) is 0 Å². The lowest BCUT2D eigenvalue weighted by Gasteiger charge is -2.26. The van der Waals surface area contributed by atoms with E-state index in [4.69, 9.17) is 0 Å². The second-order valence-electron chi connectivity index (χ2n) is 6.07. The zero-order valence-corrected chi connectivity index (χ0v) is 11.6. The normalized spacial score (nSPS) is 12.4. The van der Waals surface area contributed by atoms with Gasteiger partial charge in [-0.2, -0.15) is 0 Å². The molecule has 0 fully saturated rings. The molecular formula is C14H31N. The molecule has 0 rings (SSSR count). The Labute approximate surface area is 97.2 Å². The molecule has 1 heteroatoms. The number of hydrogen-bond acceptors (Lipinski definition) is 1. The van der Waals surface area contributed by atoms with Crippen LogP contribution in [0.25, 0.3) is 0 Å². The van der Waals surface area contributed by atoms with Crippen LogP contribution in [-0.2, 0) is 0 Å². The third-order valence-corrected chi connectivity index (χ3v) is 2.64. The summed E-state index contributed by atoms with van der Waals surface area (Å²) in [5, 5.41) is 0. The molecule has 0 spiro atoms. The van der Waals surface area contributed by atoms with Gasteiger partial charge in [0.2, 0.25) is 0 Å². The zero-order valence-electron chi connectivity index (χ0n) is 11.6. The summed E-state index contributed by atoms with van der Waals surface area (Å²) in [4.78, 5) is 2.47. The minimum Gasteiger partial charge on any atom is -0.306 e. The van der Waals surface area contributed by atoms with Crippen LogP contribution in [0.3, 0.4) is 0 Å². The van der Waals surface area contributed by atoms with Crippen molar-refractivity contribution in [3.8, 4) is 0 Å². The van der Waals surface area contributed by atoms with Gasteiger partial charge in [0.1, 0.15) is 0 Å². The Morgan fingerprint density at radius 1 is 0.867 bits per heavy atom. The van der Waals surface area contributed by atoms with Gasteiger partial charge < -0.3 is 4.90 Å². The lowest BCUT2D eigenvalue weighted by Crippen LogP contribution is -2.30. The van der Waals surface area contributed by atoms with E-state index < -0.39 is 0 Å². The maximum atomic E-state index is 2.47. The predicted molar refractivity (Wildman–Crippen MR) is 70.3 cm³/mol. The number of unbranched alkanes of at least 4 members (excludes halogenated alkanes) is 5. The molecule has 0 amide bonds. The van der Waals surface area contributed by atoms with Crippen LogP contribution in [0.2, 0.25) is 0 Å². The molecular weight excluding hydrogens is 182 g/mol. The van der Waals surface area contributed by atoms with Crippen LogP contribution in [-0.4, -0.2) is 25.0 Å². The van der Waals surface area contributed by atoms with Gasteiger partial charge >= 0.3 is 0 Å². The minimum atomic E-state index is 0.441. The maximum absolute atomic E-state index is 2.47. The van der Waals surface area contributed by atoms with Crippen LogP contribution >= 0.6 is 0 Å². The van der Waals surface area contributed by atoms with Crippen LogP contribution in [0.4, 0.5) is 0 Å². The Bertz CT molecular complexity index is 135. The maximum Gasteiger partial charge on any atom is 0.00270 e. The van der Waals surface area contributed by atoms with Crippen molar-refractivity contribution in [3.63, 3.8) is 0 Å². The Morgan fingerprint density at radius 3 is 1.93 bits per heavy atom. The molecule has 0 heterocycles. The van der Waals surface area contributed by atoms with E-state index in [0.717, 1.165) is 0 Å². The molecule has 0 N–H and O–H groups in total. The SMILES string of the molecule is CCCCCCCCN(C)CC(C)(C)C. The van der Waals surface area contributed by atoms with E-state index in [2.05, 4.69) is 39.6 Å². The van der Waals surface area contributed by atoms with Crippen LogP contribution in [0.15, 0.2) is 0 Å². The fraction of sp³-hybridized carbons (Fsp3) is 1.00. The Morgan fingerprint density at radius 2 is 1.40 bits per heavy atom. The molecule has 1 nitrogen and oxygen atoms in total. The summed E-state index contributed by atoms with van der Waals surface area (Å²) < 4.78 is 0. The second kappa shape index (κ2) is 8.15. The summed E-state index contributed by atoms with van der Waals surface area (Å²) >= 11 is 0. The number of hydrogen-bond donors (Lipinski definition) is 0. The van der Waals surface area contributed by atoms with Crippen LogP contribution in [0.5, 0.6) is 0 Å². The molecule has 0 aliphatic rings. The topological polar surface area (TPSA) is 3.24 Å². The van der Waals surface area contributed by atoms with Crippen molar-refractivity contribution >= 4 is 0 Å². The first-order valence-corrected chi connectivity index (χ1v) is 6.64. The quantitative estimate of drug-likeness (QED) is 0.543. The fourth-order valence-corrected chi connectivity index (χ4v) is 2.05. The van der Waals surface area contributed by atoms with Gasteiger partial charge in [-0.1, -0.05) is 59.8 Å². The van der Waals surface area contributed by atoms with E-state index >= 15 is 0 Å². The van der Waals surface area contributed by atoms with Gasteiger partial charge in [-0.3, -0.25) is 0 Å². The lowest BCUT2D eigenvalue weighted by atomic mass is 9.96. The standard InChI is InChI=1S/C14H31N/c1-6-7-8-9-10-11-12-15(5)13-14(2,3)4/h6-13H2,1-5H3. The highest BCUT2D eigenvalue weighted by atomic mass is 15.1. The van der Waals surface area contributed by atoms with E-state index in [0.29, 0.717) is 5.41 Å². The fourth-order valence-electron chi connectivity index (χ4n) is 2.05. The van der Waals surface area contributed by atoms with Gasteiger partial charge in [-0.15, -0.1) is 0 Å². The molecule has 0 radical (unpaired) electrons. The monoisotopic (exact) mass is 213 g/mol. The van der Waals surface area contributed by atoms with E-state index in [1.807, 2.05) is 0 Å². The van der Waals surface area contributed by atoms with Crippen molar-refractivity contribution in [1.29, 1.82) is 0 Å². The third-order valence-electron chi connectivity index (χ3n) is 2.64. The van der Waals surface area contributed by atoms with Crippen molar-refractivity contribution in [2.75, 3.05) is 20.1 Å². The Balaban J connectivity index is 3.28. The van der Waals surface area contributed by atoms with E-state index in [1.54, 1.807) is 0 Å². The predicted octanol–water partition coefficient (Wildman–Crippen LogP) is 4.32. The van der Waals surface area contributed by atoms with Crippen LogP contribution < -0.4 is 0 Å². The smallest absolute Gasteiger partial charge is 0.00270 e. The summed E-state index contributed by atoms with van der Waals surface area (Å²) in [5.41, 5.74) is 0.441. The van der Waals surface area contributed by atoms with Gasteiger partial charge in [0, 0.05) is 6.54 Å². The molecule has 0 unspecified atom stereocenters. The molecule has 0 aliphatic carbocycles. The number of nitrogens with zero attached hydrogens (tertiary/aromatic N) is 1. The van der Waals surface area contributed by atoms with Crippen molar-refractivity contribution in [2.24, 2.45) is 5.41 Å². The summed E-state index contributed by atoms with van der Waals surface area (Å²) in [6.07, 6.45) is 8.41. The Hall–Kier alpha value is -0.0400. The van der Waals surface area contributed by atoms with E-state index in [9.17, 15) is 0 Å². The first-order valence-electron chi connectivity index (χ1n) is 6.64. The van der Waals surface area contributed by atoms with Crippen LogP contribution in [0, 0.1) is 5.41 Å². The second-order valence-corrected chi connectivity index (χ2v) is 6.07. The summed E-state index contributed by atoms with van der Waals surface area (Å²) in [5.74, 6) is 0. The van der Waals surface area contributed by atoms with Crippen LogP contribution in [0.1, 0.15) is 66.2 Å². The molecule has 0 aromatic heterocycles. The minimum absolute atomic E-state index is 0.441. The highest BCUT2D eigenvalue weighted by Gasteiger charge is 2.12. The molecule has 0 aromatic carbocycles. The largest absolute Gasteiger partial charge is 0.306 e. The summed E-state index contributed by atoms with van der Waals surface area (Å²) in [7, 11) is 2.25. The van der Waals surface area contributed by atoms with E-state index in [1.165, 1.54) is 51.6 Å². The molecule has 0 aliphatic heterocycles. The molecule has 0 bridgehead atoms. The van der Waals surface area contributed by atoms with Gasteiger partial charge in [0.05, 0.1) is 0 Å². The van der Waals surface area contributed by atoms with Gasteiger partial charge in [-0.05, 0) is 25.4 Å². The molecule has 0 saturated heterocycles. The highest BCUT2D eigenvalue weighted by molar-refractivity contribution is 4.66. The van der Waals surface area contributed by atoms with E-state index in [-0.39, 0.29) is 0 Å². The molecule has 0 saturated carbocycles. The lowest BCUT2D eigenvalue weighted by molar-refractivity contribution is 0.223. The first-order chi connectivity index (χ1) is 6.95. The zero-order chi connectivity index (χ0) is 11.7. The summed E-state index contributed by atoms with van der Waals surface area (Å²) in [6, 6.07) is 0. The molecule has 92 valence electrons. The average Bonchev–Trinajstić information content (AvgIpc) is 2.08. The van der Waals surface area contributed by atoms with Gasteiger partial charge in [0.25, 0.3) is 0 Å². The first kappa shape index (κ1) is 15.0. The van der Waals surface area contributed by atoms with Gasteiger partial charge in [-0.25, -0.2) is 0 Å². The molecule has 0 atom stereocenters. The van der Waals surface area contributed by atoms with Crippen molar-refractivity contribution in [2.45, 2.75) is 66.2 Å². The van der Waals surface area contributed by atoms with Crippen molar-refractivity contribution < 1.29 is 0 Å². The molecule has 15 heavy (non-hydrogen) atoms. The van der Waals surface area contributed by atoms with Crippen molar-refractivity contribution in [3.05, 3.63) is 0 Å². The molecule has 0 aromatic rings. The van der Waals surface area contributed by atoms with Crippen molar-refractivity contribution in [1.82, 2.24) is 4.90 Å². The summed E-state index contributed by atoms with van der Waals surface area (Å²) in [6.45, 7) is 11.7.